The van der Waals surface area contributed by atoms with Crippen LogP contribution in [0.5, 0.6) is 0 Å². The van der Waals surface area contributed by atoms with E-state index in [2.05, 4.69) is 31.0 Å². The molecule has 1 fully saturated rings. The van der Waals surface area contributed by atoms with Crippen LogP contribution < -0.4 is 0 Å². The second-order valence-electron chi connectivity index (χ2n) is 8.43. The van der Waals surface area contributed by atoms with Crippen LogP contribution >= 0.6 is 11.8 Å². The number of thioether (sulfide) groups is 1. The Kier molecular flexibility index (Phi) is 5.27. The summed E-state index contributed by atoms with van der Waals surface area (Å²) in [6.07, 6.45) is 4.65. The van der Waals surface area contributed by atoms with E-state index >= 15 is 0 Å². The molecular weight excluding hydrogens is 370 g/mol. The Morgan fingerprint density at radius 3 is 2.50 bits per heavy atom. The summed E-state index contributed by atoms with van der Waals surface area (Å²) in [5.41, 5.74) is 1.55. The van der Waals surface area contributed by atoms with Gasteiger partial charge in [0.25, 0.3) is 0 Å². The Balaban J connectivity index is 1.68. The molecule has 1 aliphatic heterocycles. The fraction of sp³-hybridized carbons (Fsp3) is 0.524. The quantitative estimate of drug-likeness (QED) is 0.624. The zero-order valence-electron chi connectivity index (χ0n) is 16.8. The van der Waals surface area contributed by atoms with Gasteiger partial charge in [-0.15, -0.1) is 10.2 Å². The molecule has 1 aromatic carbocycles. The van der Waals surface area contributed by atoms with Crippen LogP contribution in [0.15, 0.2) is 29.4 Å². The van der Waals surface area contributed by atoms with Gasteiger partial charge in [0.2, 0.25) is 5.91 Å². The second-order valence-corrected chi connectivity index (χ2v) is 9.37. The minimum atomic E-state index is -0.172. The molecule has 6 nitrogen and oxygen atoms in total. The molecule has 28 heavy (non-hydrogen) atoms. The van der Waals surface area contributed by atoms with Gasteiger partial charge >= 0.3 is 0 Å². The molecule has 0 N–H and O–H groups in total. The number of likely N-dealkylation sites (tertiary alicyclic amines) is 1. The molecule has 3 aromatic rings. The lowest BCUT2D eigenvalue weighted by atomic mass is 9.95. The van der Waals surface area contributed by atoms with E-state index in [1.807, 2.05) is 33.6 Å². The maximum absolute atomic E-state index is 12.7. The average Bonchev–Trinajstić information content (AvgIpc) is 2.90. The van der Waals surface area contributed by atoms with Crippen LogP contribution in [0.4, 0.5) is 0 Å². The topological polar surface area (TPSA) is 63.4 Å². The molecule has 0 saturated carbocycles. The zero-order chi connectivity index (χ0) is 19.7. The number of benzene rings is 1. The Morgan fingerprint density at radius 2 is 1.79 bits per heavy atom. The highest BCUT2D eigenvalue weighted by Crippen LogP contribution is 2.30. The van der Waals surface area contributed by atoms with E-state index in [-0.39, 0.29) is 11.3 Å². The van der Waals surface area contributed by atoms with Crippen LogP contribution in [0.3, 0.4) is 0 Å². The molecule has 0 radical (unpaired) electrons. The Hall–Kier alpha value is -2.15. The molecule has 0 unspecified atom stereocenters. The number of carbonyl (C=O) groups is 1. The molecule has 1 saturated heterocycles. The molecule has 3 heterocycles. The lowest BCUT2D eigenvalue weighted by molar-refractivity contribution is -0.128. The lowest BCUT2D eigenvalue weighted by Gasteiger charge is -2.21. The van der Waals surface area contributed by atoms with Crippen LogP contribution in [0.2, 0.25) is 0 Å². The van der Waals surface area contributed by atoms with Gasteiger partial charge < -0.3 is 4.90 Å². The SMILES string of the molecule is CC(C)(C)c1nc2ccccc2c2nnc(SCC(=O)N3CCCCCC3)n12. The molecule has 1 amide bonds. The summed E-state index contributed by atoms with van der Waals surface area (Å²) in [7, 11) is 0. The van der Waals surface area contributed by atoms with E-state index < -0.39 is 0 Å². The van der Waals surface area contributed by atoms with Crippen molar-refractivity contribution in [2.45, 2.75) is 57.0 Å². The third-order valence-corrected chi connectivity index (χ3v) is 6.08. The molecule has 0 bridgehead atoms. The normalized spacial score (nSPS) is 15.9. The van der Waals surface area contributed by atoms with Gasteiger partial charge in [0.1, 0.15) is 5.82 Å². The summed E-state index contributed by atoms with van der Waals surface area (Å²) < 4.78 is 2.03. The molecule has 4 rings (SSSR count). The maximum Gasteiger partial charge on any atom is 0.233 e. The van der Waals surface area contributed by atoms with Crippen LogP contribution in [0, 0.1) is 0 Å². The first-order valence-corrected chi connectivity index (χ1v) is 11.0. The minimum absolute atomic E-state index is 0.172. The number of fused-ring (bicyclic) bond motifs is 3. The largest absolute Gasteiger partial charge is 0.342 e. The Bertz CT molecular complexity index is 999. The highest BCUT2D eigenvalue weighted by Gasteiger charge is 2.25. The van der Waals surface area contributed by atoms with Crippen LogP contribution in [-0.2, 0) is 10.2 Å². The monoisotopic (exact) mass is 397 g/mol. The van der Waals surface area contributed by atoms with Crippen molar-refractivity contribution in [2.24, 2.45) is 0 Å². The van der Waals surface area contributed by atoms with Gasteiger partial charge in [-0.2, -0.15) is 0 Å². The fourth-order valence-electron chi connectivity index (χ4n) is 3.69. The highest BCUT2D eigenvalue weighted by molar-refractivity contribution is 7.99. The van der Waals surface area contributed by atoms with Crippen molar-refractivity contribution in [3.63, 3.8) is 0 Å². The van der Waals surface area contributed by atoms with E-state index in [0.29, 0.717) is 5.75 Å². The summed E-state index contributed by atoms with van der Waals surface area (Å²) in [5.74, 6) is 1.49. The van der Waals surface area contributed by atoms with Crippen LogP contribution in [0.1, 0.15) is 52.3 Å². The number of hydrogen-bond donors (Lipinski definition) is 0. The summed E-state index contributed by atoms with van der Waals surface area (Å²) >= 11 is 1.46. The van der Waals surface area contributed by atoms with E-state index in [9.17, 15) is 4.79 Å². The van der Waals surface area contributed by atoms with Gasteiger partial charge in [-0.05, 0) is 25.0 Å². The third kappa shape index (κ3) is 3.72. The fourth-order valence-corrected chi connectivity index (χ4v) is 4.53. The predicted molar refractivity (Wildman–Crippen MR) is 113 cm³/mol. The van der Waals surface area contributed by atoms with Crippen molar-refractivity contribution >= 4 is 34.2 Å². The van der Waals surface area contributed by atoms with Crippen LogP contribution in [-0.4, -0.2) is 49.2 Å². The first-order valence-electron chi connectivity index (χ1n) is 10.00. The molecule has 0 spiro atoms. The molecule has 148 valence electrons. The number of para-hydroxylation sites is 1. The molecule has 7 heteroatoms. The van der Waals surface area contributed by atoms with Gasteiger partial charge in [0.05, 0.1) is 11.3 Å². The summed E-state index contributed by atoms with van der Waals surface area (Å²) in [6, 6.07) is 8.01. The van der Waals surface area contributed by atoms with Crippen molar-refractivity contribution in [2.75, 3.05) is 18.8 Å². The van der Waals surface area contributed by atoms with E-state index in [1.165, 1.54) is 24.6 Å². The molecule has 0 aliphatic carbocycles. The van der Waals surface area contributed by atoms with Crippen molar-refractivity contribution in [3.05, 3.63) is 30.1 Å². The number of nitrogens with zero attached hydrogens (tertiary/aromatic N) is 5. The summed E-state index contributed by atoms with van der Waals surface area (Å²) in [4.78, 5) is 19.6. The lowest BCUT2D eigenvalue weighted by Crippen LogP contribution is -2.33. The van der Waals surface area contributed by atoms with E-state index in [1.54, 1.807) is 0 Å². The van der Waals surface area contributed by atoms with E-state index in [4.69, 9.17) is 4.98 Å². The predicted octanol–water partition coefficient (Wildman–Crippen LogP) is 4.07. The summed E-state index contributed by atoms with van der Waals surface area (Å²) in [6.45, 7) is 8.17. The van der Waals surface area contributed by atoms with Gasteiger partial charge in [0.15, 0.2) is 10.8 Å². The van der Waals surface area contributed by atoms with Gasteiger partial charge in [-0.3, -0.25) is 9.20 Å². The first-order chi connectivity index (χ1) is 13.4. The van der Waals surface area contributed by atoms with Gasteiger partial charge in [-0.1, -0.05) is 57.5 Å². The Morgan fingerprint density at radius 1 is 1.07 bits per heavy atom. The maximum atomic E-state index is 12.7. The summed E-state index contributed by atoms with van der Waals surface area (Å²) in [5, 5.41) is 10.6. The molecular formula is C21H27N5OS. The van der Waals surface area contributed by atoms with Crippen molar-refractivity contribution in [3.8, 4) is 0 Å². The zero-order valence-corrected chi connectivity index (χ0v) is 17.6. The first kappa shape index (κ1) is 19.2. The standard InChI is InChI=1S/C21H27N5OS/c1-21(2,3)19-22-16-11-7-6-10-15(16)18-23-24-20(26(18)19)28-14-17(27)25-12-8-4-5-9-13-25/h6-7,10-11H,4-5,8-9,12-14H2,1-3H3. The van der Waals surface area contributed by atoms with Gasteiger partial charge in [-0.25, -0.2) is 4.98 Å². The number of hydrogen-bond acceptors (Lipinski definition) is 5. The van der Waals surface area contributed by atoms with Crippen LogP contribution in [0.25, 0.3) is 16.6 Å². The van der Waals surface area contributed by atoms with Crippen molar-refractivity contribution in [1.82, 2.24) is 24.5 Å². The number of carbonyl (C=O) groups excluding carboxylic acids is 1. The van der Waals surface area contributed by atoms with Crippen molar-refractivity contribution < 1.29 is 4.79 Å². The average molecular weight is 398 g/mol. The number of amides is 1. The molecule has 0 atom stereocenters. The second kappa shape index (κ2) is 7.70. The van der Waals surface area contributed by atoms with Crippen molar-refractivity contribution in [1.29, 1.82) is 0 Å². The number of rotatable bonds is 3. The number of aromatic nitrogens is 4. The smallest absolute Gasteiger partial charge is 0.233 e. The molecule has 2 aromatic heterocycles. The highest BCUT2D eigenvalue weighted by atomic mass is 32.2. The third-order valence-electron chi connectivity index (χ3n) is 5.17. The Labute approximate surface area is 169 Å². The minimum Gasteiger partial charge on any atom is -0.342 e. The molecule has 1 aliphatic rings. The van der Waals surface area contributed by atoms with E-state index in [0.717, 1.165) is 53.5 Å². The van der Waals surface area contributed by atoms with Gasteiger partial charge in [0, 0.05) is 23.9 Å².